The van der Waals surface area contributed by atoms with E-state index in [-0.39, 0.29) is 22.6 Å². The van der Waals surface area contributed by atoms with Crippen molar-refractivity contribution in [3.63, 3.8) is 0 Å². The van der Waals surface area contributed by atoms with Gasteiger partial charge >= 0.3 is 0 Å². The Morgan fingerprint density at radius 1 is 1.53 bits per heavy atom. The highest BCUT2D eigenvalue weighted by Crippen LogP contribution is 2.69. The van der Waals surface area contributed by atoms with E-state index in [0.717, 1.165) is 17.1 Å². The quantitative estimate of drug-likeness (QED) is 0.770. The Hall–Kier alpha value is -0.620. The summed E-state index contributed by atoms with van der Waals surface area (Å²) < 4.78 is 33.6. The fourth-order valence-corrected chi connectivity index (χ4v) is 7.30. The molecule has 3 aliphatic rings. The van der Waals surface area contributed by atoms with Crippen molar-refractivity contribution >= 4 is 15.9 Å². The Bertz CT molecular complexity index is 581. The highest BCUT2D eigenvalue weighted by molar-refractivity contribution is 7.90. The van der Waals surface area contributed by atoms with Gasteiger partial charge in [0.1, 0.15) is 0 Å². The van der Waals surface area contributed by atoms with Crippen molar-refractivity contribution in [1.82, 2.24) is 4.31 Å². The molecular formula is C13H22N2O3S. The summed E-state index contributed by atoms with van der Waals surface area (Å²) in [6.45, 7) is 5.49. The number of carbonyl (C=O) groups excluding carboxylic acids is 1. The van der Waals surface area contributed by atoms with Gasteiger partial charge in [0, 0.05) is 5.41 Å². The summed E-state index contributed by atoms with van der Waals surface area (Å²) >= 11 is 0. The van der Waals surface area contributed by atoms with Crippen LogP contribution < -0.4 is 5.73 Å². The van der Waals surface area contributed by atoms with Crippen molar-refractivity contribution < 1.29 is 14.6 Å². The third-order valence-corrected chi connectivity index (χ3v) is 7.85. The lowest BCUT2D eigenvalue weighted by Gasteiger charge is -2.37. The Labute approximate surface area is 116 Å². The van der Waals surface area contributed by atoms with Gasteiger partial charge in [-0.1, -0.05) is 13.8 Å². The SMILES string of the molecule is [2H][C@@](C)(N)C(=O)N1[C@@H]2C[C@H]3CC[C@]2(CS1(=O)=O)C3(C)C. The molecule has 0 aromatic carbocycles. The van der Waals surface area contributed by atoms with Crippen LogP contribution >= 0.6 is 0 Å². The van der Waals surface area contributed by atoms with Gasteiger partial charge in [-0.25, -0.2) is 12.7 Å². The zero-order chi connectivity index (χ0) is 15.1. The summed E-state index contributed by atoms with van der Waals surface area (Å²) in [5.41, 5.74) is 5.11. The summed E-state index contributed by atoms with van der Waals surface area (Å²) in [5.74, 6) is -0.313. The molecule has 1 saturated heterocycles. The van der Waals surface area contributed by atoms with Crippen LogP contribution in [0, 0.1) is 16.7 Å². The number of amides is 1. The average Bonchev–Trinajstić information content (AvgIpc) is 2.73. The van der Waals surface area contributed by atoms with E-state index in [1.54, 1.807) is 0 Å². The summed E-state index contributed by atoms with van der Waals surface area (Å²) in [5, 5.41) is 0. The molecule has 1 spiro atoms. The maximum Gasteiger partial charge on any atom is 0.252 e. The fourth-order valence-electron chi connectivity index (χ4n) is 4.73. The largest absolute Gasteiger partial charge is 0.320 e. The summed E-state index contributed by atoms with van der Waals surface area (Å²) in [4.78, 5) is 12.3. The lowest BCUT2D eigenvalue weighted by Crippen LogP contribution is -2.49. The van der Waals surface area contributed by atoms with Gasteiger partial charge in [0.05, 0.1) is 19.2 Å². The number of nitrogens with zero attached hydrogens (tertiary/aromatic N) is 1. The molecule has 3 fully saturated rings. The third-order valence-electron chi connectivity index (χ3n) is 5.95. The van der Waals surface area contributed by atoms with E-state index in [0.29, 0.717) is 12.3 Å². The maximum absolute atomic E-state index is 12.5. The summed E-state index contributed by atoms with van der Waals surface area (Å²) in [6, 6.07) is -2.20. The van der Waals surface area contributed by atoms with Gasteiger partial charge in [-0.15, -0.1) is 0 Å². The van der Waals surface area contributed by atoms with Gasteiger partial charge in [-0.05, 0) is 37.5 Å². The van der Waals surface area contributed by atoms with Crippen molar-refractivity contribution in [1.29, 1.82) is 0 Å². The molecule has 2 bridgehead atoms. The number of hydrogen-bond acceptors (Lipinski definition) is 4. The molecule has 2 aliphatic carbocycles. The van der Waals surface area contributed by atoms with Crippen molar-refractivity contribution in [3.05, 3.63) is 0 Å². The number of carbonyl (C=O) groups is 1. The average molecular weight is 287 g/mol. The minimum absolute atomic E-state index is 0.0238. The highest BCUT2D eigenvalue weighted by Gasteiger charge is 2.72. The summed E-state index contributed by atoms with van der Waals surface area (Å²) in [6.07, 6.45) is 2.59. The second kappa shape index (κ2) is 3.52. The zero-order valence-electron chi connectivity index (χ0n) is 12.6. The van der Waals surface area contributed by atoms with Crippen LogP contribution in [0.15, 0.2) is 0 Å². The second-order valence-electron chi connectivity index (χ2n) is 6.91. The van der Waals surface area contributed by atoms with Crippen molar-refractivity contribution in [2.24, 2.45) is 22.5 Å². The Morgan fingerprint density at radius 2 is 2.16 bits per heavy atom. The normalized spacial score (nSPS) is 45.7. The summed E-state index contributed by atoms with van der Waals surface area (Å²) in [7, 11) is -3.66. The molecule has 1 amide bonds. The third kappa shape index (κ3) is 1.39. The molecule has 108 valence electrons. The van der Waals surface area contributed by atoms with E-state index in [9.17, 15) is 13.2 Å². The lowest BCUT2D eigenvalue weighted by atomic mass is 9.69. The topological polar surface area (TPSA) is 80.5 Å². The molecule has 1 heterocycles. The highest BCUT2D eigenvalue weighted by atomic mass is 32.2. The minimum Gasteiger partial charge on any atom is -0.320 e. The van der Waals surface area contributed by atoms with Crippen LogP contribution in [0.1, 0.15) is 41.4 Å². The number of sulfonamides is 1. The van der Waals surface area contributed by atoms with E-state index < -0.39 is 21.9 Å². The number of hydrogen-bond donors (Lipinski definition) is 1. The molecule has 0 unspecified atom stereocenters. The predicted molar refractivity (Wildman–Crippen MR) is 71.6 cm³/mol. The van der Waals surface area contributed by atoms with E-state index >= 15 is 0 Å². The molecule has 19 heavy (non-hydrogen) atoms. The molecule has 5 nitrogen and oxygen atoms in total. The monoisotopic (exact) mass is 287 g/mol. The maximum atomic E-state index is 12.5. The van der Waals surface area contributed by atoms with Crippen LogP contribution in [-0.2, 0) is 14.8 Å². The minimum atomic E-state index is -3.66. The molecule has 4 atom stereocenters. The number of nitrogens with two attached hydrogens (primary N) is 1. The number of fused-ring (bicyclic) bond motifs is 1. The Kier molecular flexibility index (Phi) is 2.25. The van der Waals surface area contributed by atoms with Crippen LogP contribution in [0.4, 0.5) is 0 Å². The van der Waals surface area contributed by atoms with E-state index in [1.165, 1.54) is 6.92 Å². The first kappa shape index (κ1) is 12.1. The van der Waals surface area contributed by atoms with Crippen molar-refractivity contribution in [2.45, 2.75) is 52.1 Å². The van der Waals surface area contributed by atoms with Gasteiger partial charge in [-0.3, -0.25) is 4.79 Å². The lowest BCUT2D eigenvalue weighted by molar-refractivity contribution is -0.130. The standard InChI is InChI=1S/C13H22N2O3S/c1-8(14)11(16)15-10-6-9-4-5-13(10,12(9,2)3)7-19(15,17)18/h8-10H,4-7,14H2,1-3H3/t8-,9+,10+,13+/m0/s1/i8D. The zero-order valence-corrected chi connectivity index (χ0v) is 12.5. The van der Waals surface area contributed by atoms with E-state index in [2.05, 4.69) is 13.8 Å². The van der Waals surface area contributed by atoms with Crippen LogP contribution in [-0.4, -0.2) is 36.4 Å². The first-order chi connectivity index (χ1) is 8.93. The number of rotatable bonds is 1. The van der Waals surface area contributed by atoms with Gasteiger partial charge in [0.15, 0.2) is 0 Å². The van der Waals surface area contributed by atoms with Crippen molar-refractivity contribution in [3.8, 4) is 0 Å². The van der Waals surface area contributed by atoms with E-state index in [4.69, 9.17) is 7.10 Å². The van der Waals surface area contributed by atoms with Crippen LogP contribution in [0.5, 0.6) is 0 Å². The smallest absolute Gasteiger partial charge is 0.252 e. The Morgan fingerprint density at radius 3 is 2.68 bits per heavy atom. The molecule has 3 rings (SSSR count). The molecular weight excluding hydrogens is 264 g/mol. The van der Waals surface area contributed by atoms with Gasteiger partial charge in [0.25, 0.3) is 5.91 Å². The molecule has 2 saturated carbocycles. The van der Waals surface area contributed by atoms with Gasteiger partial charge in [0.2, 0.25) is 10.0 Å². The first-order valence-corrected chi connectivity index (χ1v) is 8.40. The second-order valence-corrected chi connectivity index (χ2v) is 8.75. The molecule has 0 aromatic rings. The molecule has 1 aliphatic heterocycles. The fraction of sp³-hybridized carbons (Fsp3) is 0.923. The molecule has 2 N–H and O–H groups in total. The molecule has 0 radical (unpaired) electrons. The van der Waals surface area contributed by atoms with Crippen LogP contribution in [0.3, 0.4) is 0 Å². The Balaban J connectivity index is 2.10. The van der Waals surface area contributed by atoms with Gasteiger partial charge < -0.3 is 5.73 Å². The van der Waals surface area contributed by atoms with Crippen LogP contribution in [0.25, 0.3) is 0 Å². The van der Waals surface area contributed by atoms with Crippen molar-refractivity contribution in [2.75, 3.05) is 5.75 Å². The molecule has 0 aromatic heterocycles. The molecule has 6 heteroatoms. The van der Waals surface area contributed by atoms with Crippen LogP contribution in [0.2, 0.25) is 0 Å². The van der Waals surface area contributed by atoms with Gasteiger partial charge in [-0.2, -0.15) is 0 Å². The first-order valence-electron chi connectivity index (χ1n) is 7.29. The van der Waals surface area contributed by atoms with E-state index in [1.807, 2.05) is 0 Å². The predicted octanol–water partition coefficient (Wildman–Crippen LogP) is 0.700.